The number of rotatable bonds is 5. The molecule has 1 saturated carbocycles. The predicted octanol–water partition coefficient (Wildman–Crippen LogP) is 2.43. The average molecular weight is 215 g/mol. The molecule has 14 heavy (non-hydrogen) atoms. The summed E-state index contributed by atoms with van der Waals surface area (Å²) in [7, 11) is 0. The molecule has 0 aromatic rings. The van der Waals surface area contributed by atoms with Gasteiger partial charge in [-0.3, -0.25) is 4.79 Å². The maximum absolute atomic E-state index is 11.3. The first kappa shape index (κ1) is 11.9. The molecule has 1 aliphatic rings. The second-order valence-electron chi connectivity index (χ2n) is 5.21. The Labute approximate surface area is 91.2 Å². The van der Waals surface area contributed by atoms with E-state index in [-0.39, 0.29) is 5.91 Å². The summed E-state index contributed by atoms with van der Waals surface area (Å²) in [5.74, 6) is 1.93. The van der Waals surface area contributed by atoms with Gasteiger partial charge < -0.3 is 5.32 Å². The zero-order valence-corrected chi connectivity index (χ0v) is 10.2. The fourth-order valence-electron chi connectivity index (χ4n) is 1.04. The minimum Gasteiger partial charge on any atom is -0.353 e. The zero-order chi connectivity index (χ0) is 10.6. The van der Waals surface area contributed by atoms with Gasteiger partial charge in [0.1, 0.15) is 0 Å². The molecule has 0 radical (unpaired) electrons. The minimum atomic E-state index is 0.214. The van der Waals surface area contributed by atoms with Crippen molar-refractivity contribution in [3.63, 3.8) is 0 Å². The van der Waals surface area contributed by atoms with Gasteiger partial charge in [0.25, 0.3) is 0 Å². The van der Waals surface area contributed by atoms with Crippen LogP contribution in [0.1, 0.15) is 40.0 Å². The molecule has 0 aromatic heterocycles. The highest BCUT2D eigenvalue weighted by Gasteiger charge is 2.22. The number of carbonyl (C=O) groups is 1. The molecule has 0 atom stereocenters. The summed E-state index contributed by atoms with van der Waals surface area (Å²) in [5.41, 5.74) is 0.389. The molecule has 0 aliphatic heterocycles. The number of amides is 1. The van der Waals surface area contributed by atoms with Gasteiger partial charge >= 0.3 is 0 Å². The molecule has 0 aromatic carbocycles. The molecule has 0 heterocycles. The quantitative estimate of drug-likeness (QED) is 0.714. The standard InChI is InChI=1S/C11H21NOS/c1-11(2,3)6-7-14-8-10(13)12-9-4-5-9/h9H,4-8H2,1-3H3,(H,12,13). The van der Waals surface area contributed by atoms with Gasteiger partial charge in [0.2, 0.25) is 5.91 Å². The van der Waals surface area contributed by atoms with Gasteiger partial charge in [-0.2, -0.15) is 11.8 Å². The van der Waals surface area contributed by atoms with Crippen LogP contribution in [-0.2, 0) is 4.79 Å². The highest BCUT2D eigenvalue weighted by Crippen LogP contribution is 2.22. The van der Waals surface area contributed by atoms with Crippen molar-refractivity contribution in [2.24, 2.45) is 5.41 Å². The fraction of sp³-hybridized carbons (Fsp3) is 0.909. The molecule has 3 heteroatoms. The second kappa shape index (κ2) is 5.06. The van der Waals surface area contributed by atoms with E-state index in [1.54, 1.807) is 11.8 Å². The Morgan fingerprint density at radius 1 is 1.43 bits per heavy atom. The molecule has 0 spiro atoms. The topological polar surface area (TPSA) is 29.1 Å². The van der Waals surface area contributed by atoms with Crippen molar-refractivity contribution >= 4 is 17.7 Å². The molecule has 1 amide bonds. The van der Waals surface area contributed by atoms with Crippen LogP contribution in [0.15, 0.2) is 0 Å². The van der Waals surface area contributed by atoms with Gasteiger partial charge in [0.15, 0.2) is 0 Å². The van der Waals surface area contributed by atoms with Crippen molar-refractivity contribution in [3.05, 3.63) is 0 Å². The predicted molar refractivity (Wildman–Crippen MR) is 62.6 cm³/mol. The summed E-state index contributed by atoms with van der Waals surface area (Å²) in [6.07, 6.45) is 3.53. The lowest BCUT2D eigenvalue weighted by atomic mass is 9.94. The van der Waals surface area contributed by atoms with E-state index >= 15 is 0 Å². The normalized spacial score (nSPS) is 16.8. The molecule has 1 N–H and O–H groups in total. The van der Waals surface area contributed by atoms with E-state index in [2.05, 4.69) is 26.1 Å². The smallest absolute Gasteiger partial charge is 0.230 e. The SMILES string of the molecule is CC(C)(C)CCSCC(=O)NC1CC1. The van der Waals surface area contributed by atoms with Crippen LogP contribution >= 0.6 is 11.8 Å². The van der Waals surface area contributed by atoms with Gasteiger partial charge in [-0.05, 0) is 30.4 Å². The van der Waals surface area contributed by atoms with Crippen molar-refractivity contribution in [1.82, 2.24) is 5.32 Å². The molecule has 82 valence electrons. The van der Waals surface area contributed by atoms with Gasteiger partial charge in [0.05, 0.1) is 5.75 Å². The van der Waals surface area contributed by atoms with Crippen LogP contribution in [0.3, 0.4) is 0 Å². The molecule has 2 nitrogen and oxygen atoms in total. The third kappa shape index (κ3) is 6.30. The van der Waals surface area contributed by atoms with Gasteiger partial charge in [-0.25, -0.2) is 0 Å². The van der Waals surface area contributed by atoms with Gasteiger partial charge in [-0.1, -0.05) is 20.8 Å². The van der Waals surface area contributed by atoms with Crippen LogP contribution in [-0.4, -0.2) is 23.5 Å². The van der Waals surface area contributed by atoms with Crippen LogP contribution in [0, 0.1) is 5.41 Å². The molecule has 0 bridgehead atoms. The molecule has 1 fully saturated rings. The summed E-state index contributed by atoms with van der Waals surface area (Å²) >= 11 is 1.75. The van der Waals surface area contributed by atoms with E-state index in [9.17, 15) is 4.79 Å². The monoisotopic (exact) mass is 215 g/mol. The molecule has 0 unspecified atom stereocenters. The van der Waals surface area contributed by atoms with Crippen molar-refractivity contribution in [1.29, 1.82) is 0 Å². The summed E-state index contributed by atoms with van der Waals surface area (Å²) in [4.78, 5) is 11.3. The van der Waals surface area contributed by atoms with Gasteiger partial charge in [0, 0.05) is 6.04 Å². The van der Waals surface area contributed by atoms with Crippen LogP contribution in [0.25, 0.3) is 0 Å². The maximum Gasteiger partial charge on any atom is 0.230 e. The number of hydrogen-bond donors (Lipinski definition) is 1. The molecular formula is C11H21NOS. The van der Waals surface area contributed by atoms with Crippen LogP contribution < -0.4 is 5.32 Å². The number of thioether (sulfide) groups is 1. The third-order valence-corrected chi connectivity index (χ3v) is 3.13. The summed E-state index contributed by atoms with van der Waals surface area (Å²) in [5, 5.41) is 2.99. The molecule has 1 rings (SSSR count). The highest BCUT2D eigenvalue weighted by atomic mass is 32.2. The Morgan fingerprint density at radius 3 is 2.57 bits per heavy atom. The van der Waals surface area contributed by atoms with Crippen molar-refractivity contribution in [2.45, 2.75) is 46.1 Å². The van der Waals surface area contributed by atoms with E-state index in [4.69, 9.17) is 0 Å². The van der Waals surface area contributed by atoms with Gasteiger partial charge in [-0.15, -0.1) is 0 Å². The number of carbonyl (C=O) groups excluding carboxylic acids is 1. The fourth-order valence-corrected chi connectivity index (χ4v) is 2.21. The number of hydrogen-bond acceptors (Lipinski definition) is 2. The first-order valence-electron chi connectivity index (χ1n) is 5.34. The third-order valence-electron chi connectivity index (χ3n) is 2.17. The van der Waals surface area contributed by atoms with Crippen molar-refractivity contribution in [2.75, 3.05) is 11.5 Å². The van der Waals surface area contributed by atoms with Crippen LogP contribution in [0.4, 0.5) is 0 Å². The van der Waals surface area contributed by atoms with Crippen LogP contribution in [0.5, 0.6) is 0 Å². The average Bonchev–Trinajstić information content (AvgIpc) is 2.80. The largest absolute Gasteiger partial charge is 0.353 e. The molecular weight excluding hydrogens is 194 g/mol. The van der Waals surface area contributed by atoms with E-state index in [0.717, 1.165) is 5.75 Å². The van der Waals surface area contributed by atoms with Crippen LogP contribution in [0.2, 0.25) is 0 Å². The highest BCUT2D eigenvalue weighted by molar-refractivity contribution is 7.99. The Hall–Kier alpha value is -0.180. The Morgan fingerprint density at radius 2 is 2.07 bits per heavy atom. The first-order chi connectivity index (χ1) is 6.47. The summed E-state index contributed by atoms with van der Waals surface area (Å²) in [6, 6.07) is 0.505. The van der Waals surface area contributed by atoms with E-state index in [1.807, 2.05) is 0 Å². The lowest BCUT2D eigenvalue weighted by Crippen LogP contribution is -2.27. The number of nitrogens with one attached hydrogen (secondary N) is 1. The van der Waals surface area contributed by atoms with E-state index < -0.39 is 0 Å². The summed E-state index contributed by atoms with van der Waals surface area (Å²) in [6.45, 7) is 6.70. The Kier molecular flexibility index (Phi) is 4.30. The summed E-state index contributed by atoms with van der Waals surface area (Å²) < 4.78 is 0. The lowest BCUT2D eigenvalue weighted by Gasteiger charge is -2.17. The Bertz CT molecular complexity index is 194. The first-order valence-corrected chi connectivity index (χ1v) is 6.50. The molecule has 0 saturated heterocycles. The van der Waals surface area contributed by atoms with Crippen molar-refractivity contribution in [3.8, 4) is 0 Å². The second-order valence-corrected chi connectivity index (χ2v) is 6.31. The molecule has 1 aliphatic carbocycles. The van der Waals surface area contributed by atoms with E-state index in [0.29, 0.717) is 17.2 Å². The van der Waals surface area contributed by atoms with Crippen molar-refractivity contribution < 1.29 is 4.79 Å². The van der Waals surface area contributed by atoms with E-state index in [1.165, 1.54) is 19.3 Å². The zero-order valence-electron chi connectivity index (χ0n) is 9.43. The minimum absolute atomic E-state index is 0.214. The lowest BCUT2D eigenvalue weighted by molar-refractivity contribution is -0.118. The maximum atomic E-state index is 11.3. The Balaban J connectivity index is 1.94.